The Labute approximate surface area is 163 Å². The van der Waals surface area contributed by atoms with Gasteiger partial charge in [-0.3, -0.25) is 4.79 Å². The Balaban J connectivity index is 1.40. The highest BCUT2D eigenvalue weighted by molar-refractivity contribution is 5.79. The van der Waals surface area contributed by atoms with Gasteiger partial charge in [0.05, 0.1) is 25.2 Å². The monoisotopic (exact) mass is 381 g/mol. The standard InChI is InChI=1S/C22H23NO5/c1-27-21(25)13-10-19(20(24)11-13)23-22(26)28-12-18-16-8-4-2-6-14(16)15-7-3-5-9-17(15)18/h2-9,13,18-20,24H,10-12H2,1H3,(H,23,26)/t13-,19+,20-/m0/s1. The van der Waals surface area contributed by atoms with E-state index in [1.165, 1.54) is 18.2 Å². The summed E-state index contributed by atoms with van der Waals surface area (Å²) in [5, 5.41) is 12.8. The van der Waals surface area contributed by atoms with Crippen LogP contribution in [0.25, 0.3) is 11.1 Å². The van der Waals surface area contributed by atoms with Crippen molar-refractivity contribution >= 4 is 12.1 Å². The number of hydrogen-bond donors (Lipinski definition) is 2. The van der Waals surface area contributed by atoms with E-state index in [4.69, 9.17) is 9.47 Å². The van der Waals surface area contributed by atoms with E-state index < -0.39 is 24.2 Å². The molecule has 146 valence electrons. The number of nitrogens with one attached hydrogen (secondary N) is 1. The Morgan fingerprint density at radius 2 is 1.64 bits per heavy atom. The van der Waals surface area contributed by atoms with E-state index in [1.54, 1.807) is 0 Å². The summed E-state index contributed by atoms with van der Waals surface area (Å²) in [6.07, 6.45) is -0.750. The number of rotatable bonds is 4. The van der Waals surface area contributed by atoms with E-state index >= 15 is 0 Å². The minimum Gasteiger partial charge on any atom is -0.469 e. The molecule has 2 aliphatic rings. The highest BCUT2D eigenvalue weighted by Gasteiger charge is 2.39. The summed E-state index contributed by atoms with van der Waals surface area (Å²) in [6.45, 7) is 0.211. The molecule has 0 aromatic heterocycles. The SMILES string of the molecule is COC(=O)[C@@H]1C[C@H](O)[C@H](NC(=O)OCC2c3ccccc3-c3ccccc32)C1. The average Bonchev–Trinajstić information content (AvgIpc) is 3.24. The average molecular weight is 381 g/mol. The van der Waals surface area contributed by atoms with Gasteiger partial charge in [0.15, 0.2) is 0 Å². The van der Waals surface area contributed by atoms with Crippen LogP contribution in [0.3, 0.4) is 0 Å². The van der Waals surface area contributed by atoms with Gasteiger partial charge in [-0.15, -0.1) is 0 Å². The van der Waals surface area contributed by atoms with Crippen molar-refractivity contribution < 1.29 is 24.2 Å². The molecular formula is C22H23NO5. The summed E-state index contributed by atoms with van der Waals surface area (Å²) in [7, 11) is 1.32. The van der Waals surface area contributed by atoms with Crippen LogP contribution in [-0.2, 0) is 14.3 Å². The third-order valence-electron chi connectivity index (χ3n) is 5.71. The van der Waals surface area contributed by atoms with E-state index in [2.05, 4.69) is 29.6 Å². The second-order valence-electron chi connectivity index (χ2n) is 7.34. The fourth-order valence-electron chi connectivity index (χ4n) is 4.32. The van der Waals surface area contributed by atoms with Gasteiger partial charge in [-0.25, -0.2) is 4.79 Å². The van der Waals surface area contributed by atoms with Gasteiger partial charge in [0.2, 0.25) is 0 Å². The third kappa shape index (κ3) is 3.36. The number of aliphatic hydroxyl groups excluding tert-OH is 1. The molecule has 1 amide bonds. The third-order valence-corrected chi connectivity index (χ3v) is 5.71. The van der Waals surface area contributed by atoms with Crippen LogP contribution in [0, 0.1) is 5.92 Å². The number of hydrogen-bond acceptors (Lipinski definition) is 5. The molecule has 0 aliphatic heterocycles. The number of ether oxygens (including phenoxy) is 2. The second kappa shape index (κ2) is 7.64. The van der Waals surface area contributed by atoms with Crippen molar-refractivity contribution in [3.8, 4) is 11.1 Å². The predicted octanol–water partition coefficient (Wildman–Crippen LogP) is 2.84. The number of esters is 1. The van der Waals surface area contributed by atoms with Crippen LogP contribution in [0.15, 0.2) is 48.5 Å². The van der Waals surface area contributed by atoms with Gasteiger partial charge in [0.1, 0.15) is 6.61 Å². The Bertz CT molecular complexity index is 851. The molecule has 0 bridgehead atoms. The first-order chi connectivity index (χ1) is 13.6. The first-order valence-electron chi connectivity index (χ1n) is 9.46. The fraction of sp³-hybridized carbons (Fsp3) is 0.364. The fourth-order valence-corrected chi connectivity index (χ4v) is 4.32. The largest absolute Gasteiger partial charge is 0.469 e. The molecule has 4 rings (SSSR count). The number of carbonyl (C=O) groups excluding carboxylic acids is 2. The van der Waals surface area contributed by atoms with Crippen LogP contribution in [0.2, 0.25) is 0 Å². The first kappa shape index (κ1) is 18.5. The summed E-state index contributed by atoms with van der Waals surface area (Å²) in [4.78, 5) is 24.0. The lowest BCUT2D eigenvalue weighted by atomic mass is 9.98. The zero-order chi connectivity index (χ0) is 19.7. The molecule has 1 saturated carbocycles. The van der Waals surface area contributed by atoms with E-state index in [9.17, 15) is 14.7 Å². The summed E-state index contributed by atoms with van der Waals surface area (Å²) >= 11 is 0. The van der Waals surface area contributed by atoms with Crippen LogP contribution in [0.1, 0.15) is 29.9 Å². The van der Waals surface area contributed by atoms with Gasteiger partial charge in [-0.05, 0) is 35.1 Å². The summed E-state index contributed by atoms with van der Waals surface area (Å²) in [5.74, 6) is -0.788. The van der Waals surface area contributed by atoms with Crippen molar-refractivity contribution in [3.63, 3.8) is 0 Å². The molecule has 3 atom stereocenters. The number of carbonyl (C=O) groups is 2. The van der Waals surface area contributed by atoms with Crippen LogP contribution in [0.4, 0.5) is 4.79 Å². The first-order valence-corrected chi connectivity index (χ1v) is 9.46. The van der Waals surface area contributed by atoms with E-state index in [1.807, 2.05) is 24.3 Å². The number of benzene rings is 2. The lowest BCUT2D eigenvalue weighted by molar-refractivity contribution is -0.145. The number of amides is 1. The second-order valence-corrected chi connectivity index (χ2v) is 7.34. The van der Waals surface area contributed by atoms with Crippen molar-refractivity contribution in [2.75, 3.05) is 13.7 Å². The highest BCUT2D eigenvalue weighted by atomic mass is 16.5. The van der Waals surface area contributed by atoms with Gasteiger partial charge in [0, 0.05) is 5.92 Å². The van der Waals surface area contributed by atoms with Gasteiger partial charge in [-0.2, -0.15) is 0 Å². The van der Waals surface area contributed by atoms with E-state index in [0.717, 1.165) is 11.1 Å². The molecular weight excluding hydrogens is 358 g/mol. The molecule has 6 heteroatoms. The summed E-state index contributed by atoms with van der Waals surface area (Å²) < 4.78 is 10.2. The Hall–Kier alpha value is -2.86. The molecule has 2 aromatic rings. The molecule has 0 saturated heterocycles. The highest BCUT2D eigenvalue weighted by Crippen LogP contribution is 2.44. The Morgan fingerprint density at radius 3 is 2.25 bits per heavy atom. The van der Waals surface area contributed by atoms with E-state index in [-0.39, 0.29) is 24.9 Å². The lowest BCUT2D eigenvalue weighted by Crippen LogP contribution is -2.40. The molecule has 0 heterocycles. The maximum atomic E-state index is 12.3. The maximum Gasteiger partial charge on any atom is 0.407 e. The summed E-state index contributed by atoms with van der Waals surface area (Å²) in [6, 6.07) is 15.7. The van der Waals surface area contributed by atoms with Crippen LogP contribution in [-0.4, -0.2) is 43.0 Å². The zero-order valence-corrected chi connectivity index (χ0v) is 15.6. The Kier molecular flexibility index (Phi) is 5.05. The molecule has 0 radical (unpaired) electrons. The zero-order valence-electron chi connectivity index (χ0n) is 15.6. The number of methoxy groups -OCH3 is 1. The molecule has 6 nitrogen and oxygen atoms in total. The quantitative estimate of drug-likeness (QED) is 0.796. The molecule has 1 fully saturated rings. The van der Waals surface area contributed by atoms with Crippen LogP contribution < -0.4 is 5.32 Å². The number of aliphatic hydroxyl groups is 1. The summed E-state index contributed by atoms with van der Waals surface area (Å²) in [5.41, 5.74) is 4.62. The Morgan fingerprint density at radius 1 is 1.04 bits per heavy atom. The van der Waals surface area contributed by atoms with Gasteiger partial charge < -0.3 is 19.9 Å². The van der Waals surface area contributed by atoms with Crippen molar-refractivity contribution in [3.05, 3.63) is 59.7 Å². The molecule has 0 spiro atoms. The normalized spacial score (nSPS) is 23.0. The molecule has 0 unspecified atom stereocenters. The lowest BCUT2D eigenvalue weighted by Gasteiger charge is -2.18. The smallest absolute Gasteiger partial charge is 0.407 e. The van der Waals surface area contributed by atoms with Crippen molar-refractivity contribution in [2.45, 2.75) is 30.9 Å². The van der Waals surface area contributed by atoms with Crippen molar-refractivity contribution in [1.29, 1.82) is 0 Å². The van der Waals surface area contributed by atoms with Gasteiger partial charge in [0.25, 0.3) is 0 Å². The minimum absolute atomic E-state index is 0.0190. The van der Waals surface area contributed by atoms with Gasteiger partial charge in [-0.1, -0.05) is 48.5 Å². The van der Waals surface area contributed by atoms with Crippen molar-refractivity contribution in [1.82, 2.24) is 5.32 Å². The topological polar surface area (TPSA) is 84.9 Å². The van der Waals surface area contributed by atoms with Crippen LogP contribution >= 0.6 is 0 Å². The molecule has 2 aliphatic carbocycles. The maximum absolute atomic E-state index is 12.3. The van der Waals surface area contributed by atoms with Crippen molar-refractivity contribution in [2.24, 2.45) is 5.92 Å². The predicted molar refractivity (Wildman–Crippen MR) is 103 cm³/mol. The molecule has 28 heavy (non-hydrogen) atoms. The van der Waals surface area contributed by atoms with Gasteiger partial charge >= 0.3 is 12.1 Å². The number of alkyl carbamates (subject to hydrolysis) is 1. The number of fused-ring (bicyclic) bond motifs is 3. The van der Waals surface area contributed by atoms with Crippen LogP contribution in [0.5, 0.6) is 0 Å². The molecule has 2 aromatic carbocycles. The molecule has 2 N–H and O–H groups in total. The van der Waals surface area contributed by atoms with E-state index in [0.29, 0.717) is 6.42 Å². The minimum atomic E-state index is -0.787.